The molecular formula is C22H24F3N3O7. The number of carboxylic acids is 1. The Kier molecular flexibility index (Phi) is 8.50. The highest BCUT2D eigenvalue weighted by Gasteiger charge is 2.34. The second-order valence-corrected chi connectivity index (χ2v) is 7.98. The molecular weight excluding hydrogens is 475 g/mol. The van der Waals surface area contributed by atoms with E-state index in [1.807, 2.05) is 19.2 Å². The molecule has 0 spiro atoms. The first-order chi connectivity index (χ1) is 16.3. The summed E-state index contributed by atoms with van der Waals surface area (Å²) in [4.78, 5) is 49.0. The Morgan fingerprint density at radius 3 is 2.20 bits per heavy atom. The normalized spacial score (nSPS) is 11.4. The largest absolute Gasteiger partial charge is 0.506 e. The first-order valence-corrected chi connectivity index (χ1v) is 10.4. The van der Waals surface area contributed by atoms with Crippen LogP contribution in [0.5, 0.6) is 11.6 Å². The number of aromatic nitrogens is 1. The zero-order chi connectivity index (χ0) is 26.5. The Labute approximate surface area is 197 Å². The smallest absolute Gasteiger partial charge is 0.416 e. The molecule has 0 radical (unpaired) electrons. The average Bonchev–Trinajstić information content (AvgIpc) is 2.74. The van der Waals surface area contributed by atoms with Crippen molar-refractivity contribution >= 4 is 17.8 Å². The molecule has 10 nitrogen and oxygen atoms in total. The SMILES string of the molecule is CC(C)CCNC(=O)c1c(O)c(C(=O)NCC(=O)O)c(O)n(Cc2ccccc2C(F)(F)F)c1=O. The highest BCUT2D eigenvalue weighted by atomic mass is 19.4. The maximum atomic E-state index is 13.4. The fourth-order valence-electron chi connectivity index (χ4n) is 3.17. The Balaban J connectivity index is 2.69. The highest BCUT2D eigenvalue weighted by molar-refractivity contribution is 6.05. The minimum absolute atomic E-state index is 0.0771. The van der Waals surface area contributed by atoms with Gasteiger partial charge in [0.05, 0.1) is 12.1 Å². The summed E-state index contributed by atoms with van der Waals surface area (Å²) in [5, 5.41) is 34.1. The standard InChI is InChI=1S/C22H24F3N3O7/c1-11(2)7-8-26-18(32)15-17(31)16(19(33)27-9-14(29)30)21(35)28(20(15)34)10-12-5-3-4-6-13(12)22(23,24)25/h3-6,11,31,35H,7-10H2,1-2H3,(H,26,32)(H,27,33)(H,29,30). The van der Waals surface area contributed by atoms with Crippen LogP contribution in [0.1, 0.15) is 52.1 Å². The number of rotatable bonds is 9. The molecule has 0 aliphatic heterocycles. The number of hydrogen-bond acceptors (Lipinski definition) is 6. The molecule has 0 saturated heterocycles. The quantitative estimate of drug-likeness (QED) is 0.353. The lowest BCUT2D eigenvalue weighted by Gasteiger charge is -2.18. The molecule has 0 saturated carbocycles. The number of aliphatic carboxylic acids is 1. The van der Waals surface area contributed by atoms with Crippen molar-refractivity contribution in [3.63, 3.8) is 0 Å². The van der Waals surface area contributed by atoms with Gasteiger partial charge in [-0.1, -0.05) is 32.0 Å². The van der Waals surface area contributed by atoms with Crippen LogP contribution in [0.25, 0.3) is 0 Å². The van der Waals surface area contributed by atoms with Gasteiger partial charge in [0, 0.05) is 6.54 Å². The van der Waals surface area contributed by atoms with E-state index in [1.54, 1.807) is 0 Å². The molecule has 5 N–H and O–H groups in total. The predicted molar refractivity (Wildman–Crippen MR) is 116 cm³/mol. The number of carbonyl (C=O) groups is 3. The number of halogens is 3. The van der Waals surface area contributed by atoms with Crippen LogP contribution in [0.15, 0.2) is 29.1 Å². The minimum atomic E-state index is -4.81. The Hall–Kier alpha value is -4.03. The molecule has 190 valence electrons. The van der Waals surface area contributed by atoms with E-state index in [0.29, 0.717) is 11.0 Å². The number of carbonyl (C=O) groups excluding carboxylic acids is 2. The number of nitrogens with one attached hydrogen (secondary N) is 2. The van der Waals surface area contributed by atoms with Crippen LogP contribution in [0.4, 0.5) is 13.2 Å². The van der Waals surface area contributed by atoms with E-state index in [9.17, 15) is 42.6 Å². The monoisotopic (exact) mass is 499 g/mol. The van der Waals surface area contributed by atoms with Gasteiger partial charge in [-0.15, -0.1) is 0 Å². The van der Waals surface area contributed by atoms with Crippen LogP contribution in [0, 0.1) is 5.92 Å². The third-order valence-electron chi connectivity index (χ3n) is 4.92. The summed E-state index contributed by atoms with van der Waals surface area (Å²) in [5.74, 6) is -6.29. The molecule has 0 unspecified atom stereocenters. The molecule has 0 aliphatic carbocycles. The Morgan fingerprint density at radius 2 is 1.63 bits per heavy atom. The van der Waals surface area contributed by atoms with E-state index in [1.165, 1.54) is 6.07 Å². The molecule has 0 fully saturated rings. The molecule has 0 bridgehead atoms. The number of amides is 2. The zero-order valence-corrected chi connectivity index (χ0v) is 18.8. The number of aromatic hydroxyl groups is 2. The van der Waals surface area contributed by atoms with Gasteiger partial charge in [-0.3, -0.25) is 23.7 Å². The molecule has 1 aromatic heterocycles. The van der Waals surface area contributed by atoms with Gasteiger partial charge < -0.3 is 26.0 Å². The van der Waals surface area contributed by atoms with E-state index in [0.717, 1.165) is 18.2 Å². The van der Waals surface area contributed by atoms with Gasteiger partial charge in [0.2, 0.25) is 5.88 Å². The van der Waals surface area contributed by atoms with Crippen molar-refractivity contribution in [3.8, 4) is 11.6 Å². The second kappa shape index (κ2) is 10.9. The summed E-state index contributed by atoms with van der Waals surface area (Å²) >= 11 is 0. The van der Waals surface area contributed by atoms with Crippen molar-refractivity contribution < 1.29 is 42.9 Å². The first kappa shape index (κ1) is 27.2. The molecule has 1 heterocycles. The van der Waals surface area contributed by atoms with Gasteiger partial charge in [-0.2, -0.15) is 13.2 Å². The summed E-state index contributed by atoms with van der Waals surface area (Å²) < 4.78 is 40.6. The summed E-state index contributed by atoms with van der Waals surface area (Å²) in [6, 6.07) is 4.16. The average molecular weight is 499 g/mol. The van der Waals surface area contributed by atoms with Crippen molar-refractivity contribution in [2.24, 2.45) is 5.92 Å². The second-order valence-electron chi connectivity index (χ2n) is 7.98. The van der Waals surface area contributed by atoms with Gasteiger partial charge >= 0.3 is 12.1 Å². The number of carboxylic acid groups (broad SMARTS) is 1. The highest BCUT2D eigenvalue weighted by Crippen LogP contribution is 2.34. The van der Waals surface area contributed by atoms with Crippen LogP contribution < -0.4 is 16.2 Å². The molecule has 2 rings (SSSR count). The lowest BCUT2D eigenvalue weighted by Crippen LogP contribution is -2.37. The van der Waals surface area contributed by atoms with Gasteiger partial charge in [-0.25, -0.2) is 0 Å². The number of alkyl halides is 3. The Morgan fingerprint density at radius 1 is 1.03 bits per heavy atom. The lowest BCUT2D eigenvalue weighted by molar-refractivity contribution is -0.138. The maximum Gasteiger partial charge on any atom is 0.416 e. The fraction of sp³-hybridized carbons (Fsp3) is 0.364. The summed E-state index contributed by atoms with van der Waals surface area (Å²) in [5.41, 5.74) is -4.97. The number of pyridine rings is 1. The van der Waals surface area contributed by atoms with E-state index < -0.39 is 76.5 Å². The van der Waals surface area contributed by atoms with E-state index in [4.69, 9.17) is 5.11 Å². The van der Waals surface area contributed by atoms with Crippen molar-refractivity contribution in [3.05, 3.63) is 56.9 Å². The van der Waals surface area contributed by atoms with E-state index >= 15 is 0 Å². The van der Waals surface area contributed by atoms with E-state index in [2.05, 4.69) is 5.32 Å². The zero-order valence-electron chi connectivity index (χ0n) is 18.8. The van der Waals surface area contributed by atoms with Gasteiger partial charge in [-0.05, 0) is 24.0 Å². The minimum Gasteiger partial charge on any atom is -0.506 e. The van der Waals surface area contributed by atoms with Crippen LogP contribution in [-0.4, -0.2) is 50.8 Å². The molecule has 2 amide bonds. The molecule has 35 heavy (non-hydrogen) atoms. The maximum absolute atomic E-state index is 13.4. The van der Waals surface area contributed by atoms with Crippen molar-refractivity contribution in [1.82, 2.24) is 15.2 Å². The van der Waals surface area contributed by atoms with Crippen LogP contribution in [0.3, 0.4) is 0 Å². The van der Waals surface area contributed by atoms with Gasteiger partial charge in [0.1, 0.15) is 17.7 Å². The summed E-state index contributed by atoms with van der Waals surface area (Å²) in [7, 11) is 0. The number of benzene rings is 1. The number of hydrogen-bond donors (Lipinski definition) is 5. The van der Waals surface area contributed by atoms with Crippen LogP contribution in [-0.2, 0) is 17.5 Å². The third-order valence-corrected chi connectivity index (χ3v) is 4.92. The topological polar surface area (TPSA) is 158 Å². The predicted octanol–water partition coefficient (Wildman–Crippen LogP) is 1.92. The van der Waals surface area contributed by atoms with Gasteiger partial charge in [0.25, 0.3) is 17.4 Å². The van der Waals surface area contributed by atoms with Crippen LogP contribution in [0.2, 0.25) is 0 Å². The first-order valence-electron chi connectivity index (χ1n) is 10.4. The molecule has 13 heteroatoms. The summed E-state index contributed by atoms with van der Waals surface area (Å²) in [6.07, 6.45) is -4.32. The molecule has 0 atom stereocenters. The van der Waals surface area contributed by atoms with Crippen molar-refractivity contribution in [1.29, 1.82) is 0 Å². The molecule has 0 aliphatic rings. The molecule has 1 aromatic carbocycles. The van der Waals surface area contributed by atoms with Crippen LogP contribution >= 0.6 is 0 Å². The fourth-order valence-corrected chi connectivity index (χ4v) is 3.17. The van der Waals surface area contributed by atoms with Crippen molar-refractivity contribution in [2.75, 3.05) is 13.1 Å². The lowest BCUT2D eigenvalue weighted by atomic mass is 10.1. The molecule has 2 aromatic rings. The van der Waals surface area contributed by atoms with E-state index in [-0.39, 0.29) is 12.5 Å². The van der Waals surface area contributed by atoms with Crippen molar-refractivity contribution in [2.45, 2.75) is 33.0 Å². The third kappa shape index (κ3) is 6.52. The van der Waals surface area contributed by atoms with Gasteiger partial charge in [0.15, 0.2) is 5.75 Å². The Bertz CT molecular complexity index is 1190. The number of nitrogens with zero attached hydrogens (tertiary/aromatic N) is 1. The summed E-state index contributed by atoms with van der Waals surface area (Å²) in [6.45, 7) is 1.95.